The van der Waals surface area contributed by atoms with Gasteiger partial charge in [-0.1, -0.05) is 42.5 Å². The lowest BCUT2D eigenvalue weighted by Crippen LogP contribution is -2.07. The number of aromatic nitrogens is 1. The molecule has 0 aliphatic carbocycles. The predicted molar refractivity (Wildman–Crippen MR) is 114 cm³/mol. The summed E-state index contributed by atoms with van der Waals surface area (Å²) in [7, 11) is -2.57. The van der Waals surface area contributed by atoms with E-state index in [0.29, 0.717) is 17.9 Å². The zero-order valence-corrected chi connectivity index (χ0v) is 17.4. The molecule has 8 heteroatoms. The van der Waals surface area contributed by atoms with Crippen molar-refractivity contribution in [2.75, 3.05) is 12.4 Å². The summed E-state index contributed by atoms with van der Waals surface area (Å²) in [4.78, 5) is 4.19. The van der Waals surface area contributed by atoms with Gasteiger partial charge in [-0.15, -0.1) is 0 Å². The first-order valence-electron chi connectivity index (χ1n) is 9.41. The fourth-order valence-electron chi connectivity index (χ4n) is 3.04. The summed E-state index contributed by atoms with van der Waals surface area (Å²) < 4.78 is 51.0. The number of para-hydroxylation sites is 1. The van der Waals surface area contributed by atoms with Gasteiger partial charge >= 0.3 is 0 Å². The van der Waals surface area contributed by atoms with Crippen molar-refractivity contribution >= 4 is 15.7 Å². The van der Waals surface area contributed by atoms with Gasteiger partial charge in [0.15, 0.2) is 0 Å². The molecule has 1 N–H and O–H groups in total. The average molecular weight is 438 g/mol. The second-order valence-corrected chi connectivity index (χ2v) is 8.52. The van der Waals surface area contributed by atoms with Crippen LogP contribution in [0.5, 0.6) is 5.75 Å². The second-order valence-electron chi connectivity index (χ2n) is 6.65. The van der Waals surface area contributed by atoms with Gasteiger partial charge in [0, 0.05) is 6.54 Å². The molecule has 31 heavy (non-hydrogen) atoms. The maximum atomic E-state index is 13.3. The normalized spacial score (nSPS) is 11.3. The van der Waals surface area contributed by atoms with Crippen molar-refractivity contribution in [2.45, 2.75) is 16.5 Å². The van der Waals surface area contributed by atoms with Crippen LogP contribution in [-0.4, -0.2) is 20.5 Å². The van der Waals surface area contributed by atoms with E-state index >= 15 is 0 Å². The van der Waals surface area contributed by atoms with Gasteiger partial charge < -0.3 is 14.5 Å². The van der Waals surface area contributed by atoms with E-state index in [9.17, 15) is 12.8 Å². The van der Waals surface area contributed by atoms with Crippen LogP contribution in [0.3, 0.4) is 0 Å². The molecule has 0 saturated heterocycles. The summed E-state index contributed by atoms with van der Waals surface area (Å²) >= 11 is 0. The van der Waals surface area contributed by atoms with Gasteiger partial charge in [0.2, 0.25) is 26.6 Å². The third-order valence-electron chi connectivity index (χ3n) is 4.61. The van der Waals surface area contributed by atoms with Gasteiger partial charge in [0.1, 0.15) is 11.6 Å². The first-order valence-corrected chi connectivity index (χ1v) is 10.9. The molecule has 1 aromatic heterocycles. The lowest BCUT2D eigenvalue weighted by molar-refractivity contribution is 0.414. The molecule has 4 rings (SSSR count). The van der Waals surface area contributed by atoms with Crippen LogP contribution < -0.4 is 10.1 Å². The van der Waals surface area contributed by atoms with E-state index in [0.717, 1.165) is 17.7 Å². The molecule has 0 fully saturated rings. The number of rotatable bonds is 7. The molecule has 0 aliphatic heterocycles. The minimum atomic E-state index is -4.07. The number of benzene rings is 3. The minimum absolute atomic E-state index is 0.00548. The van der Waals surface area contributed by atoms with E-state index in [2.05, 4.69) is 10.3 Å². The number of nitrogens with zero attached hydrogens (tertiary/aromatic N) is 1. The van der Waals surface area contributed by atoms with E-state index < -0.39 is 15.7 Å². The summed E-state index contributed by atoms with van der Waals surface area (Å²) in [6, 6.07) is 21.0. The van der Waals surface area contributed by atoms with Crippen molar-refractivity contribution < 1.29 is 22.0 Å². The van der Waals surface area contributed by atoms with Crippen LogP contribution in [0.15, 0.2) is 93.2 Å². The standard InChI is InChI=1S/C23H19FN2O4S/c1-29-20-10-6-5-9-19(20)21-26-23(31(27,28)18-13-11-17(24)12-14-18)22(30-21)25-15-16-7-3-2-4-8-16/h2-14,25H,15H2,1H3. The van der Waals surface area contributed by atoms with Crippen molar-refractivity contribution in [3.63, 3.8) is 0 Å². The zero-order valence-electron chi connectivity index (χ0n) is 16.6. The number of nitrogens with one attached hydrogen (secondary N) is 1. The summed E-state index contributed by atoms with van der Waals surface area (Å²) in [5.74, 6) is 0.0445. The van der Waals surface area contributed by atoms with Crippen molar-refractivity contribution in [2.24, 2.45) is 0 Å². The van der Waals surface area contributed by atoms with Crippen molar-refractivity contribution in [1.82, 2.24) is 4.98 Å². The monoisotopic (exact) mass is 438 g/mol. The van der Waals surface area contributed by atoms with E-state index in [1.165, 1.54) is 19.2 Å². The van der Waals surface area contributed by atoms with Crippen LogP contribution >= 0.6 is 0 Å². The number of oxazole rings is 1. The van der Waals surface area contributed by atoms with E-state index in [1.807, 2.05) is 30.3 Å². The topological polar surface area (TPSA) is 81.4 Å². The van der Waals surface area contributed by atoms with E-state index in [-0.39, 0.29) is 21.7 Å². The Morgan fingerprint density at radius 1 is 0.968 bits per heavy atom. The first kappa shape index (κ1) is 20.6. The quantitative estimate of drug-likeness (QED) is 0.412. The molecule has 0 saturated carbocycles. The molecular weight excluding hydrogens is 419 g/mol. The molecule has 0 unspecified atom stereocenters. The molecule has 158 valence electrons. The molecule has 6 nitrogen and oxygen atoms in total. The third kappa shape index (κ3) is 4.29. The zero-order chi connectivity index (χ0) is 21.8. The molecule has 1 heterocycles. The highest BCUT2D eigenvalue weighted by Crippen LogP contribution is 2.36. The highest BCUT2D eigenvalue weighted by molar-refractivity contribution is 7.91. The van der Waals surface area contributed by atoms with E-state index in [1.54, 1.807) is 24.3 Å². The van der Waals surface area contributed by atoms with Crippen LogP contribution in [-0.2, 0) is 16.4 Å². The lowest BCUT2D eigenvalue weighted by Gasteiger charge is -2.06. The number of methoxy groups -OCH3 is 1. The Hall–Kier alpha value is -3.65. The van der Waals surface area contributed by atoms with Crippen LogP contribution in [0.1, 0.15) is 5.56 Å². The van der Waals surface area contributed by atoms with Gasteiger partial charge in [-0.05, 0) is 42.0 Å². The van der Waals surface area contributed by atoms with Gasteiger partial charge in [-0.25, -0.2) is 12.8 Å². The number of halogens is 1. The predicted octanol–water partition coefficient (Wildman–Crippen LogP) is 4.93. The summed E-state index contributed by atoms with van der Waals surface area (Å²) in [6.45, 7) is 0.327. The van der Waals surface area contributed by atoms with Crippen molar-refractivity contribution in [3.05, 3.63) is 90.2 Å². The highest BCUT2D eigenvalue weighted by Gasteiger charge is 2.29. The number of sulfone groups is 1. The van der Waals surface area contributed by atoms with Gasteiger partial charge in [-0.2, -0.15) is 4.98 Å². The van der Waals surface area contributed by atoms with Crippen molar-refractivity contribution in [3.8, 4) is 17.2 Å². The number of hydrogen-bond acceptors (Lipinski definition) is 6. The lowest BCUT2D eigenvalue weighted by atomic mass is 10.2. The molecule has 0 aliphatic rings. The Morgan fingerprint density at radius 2 is 1.65 bits per heavy atom. The van der Waals surface area contributed by atoms with Crippen LogP contribution in [0.4, 0.5) is 10.3 Å². The molecule has 0 bridgehead atoms. The molecule has 3 aromatic carbocycles. The summed E-state index contributed by atoms with van der Waals surface area (Å²) in [6.07, 6.45) is 0. The largest absolute Gasteiger partial charge is 0.496 e. The van der Waals surface area contributed by atoms with Gasteiger partial charge in [0.05, 0.1) is 17.6 Å². The van der Waals surface area contributed by atoms with Crippen molar-refractivity contribution in [1.29, 1.82) is 0 Å². The van der Waals surface area contributed by atoms with Crippen LogP contribution in [0.2, 0.25) is 0 Å². The molecule has 4 aromatic rings. The maximum Gasteiger partial charge on any atom is 0.234 e. The summed E-state index contributed by atoms with van der Waals surface area (Å²) in [5, 5.41) is 2.74. The van der Waals surface area contributed by atoms with Crippen LogP contribution in [0.25, 0.3) is 11.5 Å². The third-order valence-corrected chi connectivity index (χ3v) is 6.29. The SMILES string of the molecule is COc1ccccc1-c1nc(S(=O)(=O)c2ccc(F)cc2)c(NCc2ccccc2)o1. The van der Waals surface area contributed by atoms with Gasteiger partial charge in [-0.3, -0.25) is 0 Å². The Kier molecular flexibility index (Phi) is 5.73. The Balaban J connectivity index is 1.80. The van der Waals surface area contributed by atoms with Gasteiger partial charge in [0.25, 0.3) is 0 Å². The minimum Gasteiger partial charge on any atom is -0.496 e. The molecule has 0 atom stereocenters. The fourth-order valence-corrected chi connectivity index (χ4v) is 4.32. The Bertz CT molecular complexity index is 1290. The van der Waals surface area contributed by atoms with E-state index in [4.69, 9.17) is 9.15 Å². The molecular formula is C23H19FN2O4S. The number of ether oxygens (including phenoxy) is 1. The molecule has 0 radical (unpaired) electrons. The Morgan fingerprint density at radius 3 is 2.35 bits per heavy atom. The maximum absolute atomic E-state index is 13.3. The molecule has 0 amide bonds. The fraction of sp³-hybridized carbons (Fsp3) is 0.0870. The highest BCUT2D eigenvalue weighted by atomic mass is 32.2. The first-order chi connectivity index (χ1) is 15.0. The second kappa shape index (κ2) is 8.61. The summed E-state index contributed by atoms with van der Waals surface area (Å²) in [5.41, 5.74) is 1.44. The number of anilines is 1. The smallest absolute Gasteiger partial charge is 0.234 e. The average Bonchev–Trinajstić information content (AvgIpc) is 3.24. The Labute approximate surface area is 179 Å². The molecule has 0 spiro atoms. The number of hydrogen-bond donors (Lipinski definition) is 1. The van der Waals surface area contributed by atoms with Crippen LogP contribution in [0, 0.1) is 5.82 Å².